The number of hydrogen-bond acceptors (Lipinski definition) is 5. The van der Waals surface area contributed by atoms with Crippen LogP contribution in [0.4, 0.5) is 0 Å². The molecule has 0 aliphatic carbocycles. The van der Waals surface area contributed by atoms with Gasteiger partial charge >= 0.3 is 0 Å². The fraction of sp³-hybridized carbons (Fsp3) is 0.227. The van der Waals surface area contributed by atoms with Gasteiger partial charge in [-0.25, -0.2) is 9.36 Å². The van der Waals surface area contributed by atoms with Gasteiger partial charge in [-0.2, -0.15) is 5.10 Å². The molecule has 4 rings (SSSR count). The van der Waals surface area contributed by atoms with Gasteiger partial charge in [-0.3, -0.25) is 9.59 Å². The molecule has 2 aromatic carbocycles. The molecule has 0 spiro atoms. The van der Waals surface area contributed by atoms with Gasteiger partial charge < -0.3 is 5.32 Å². The Kier molecular flexibility index (Phi) is 5.38. The van der Waals surface area contributed by atoms with Crippen LogP contribution in [0.15, 0.2) is 59.4 Å². The molecule has 0 fully saturated rings. The van der Waals surface area contributed by atoms with Crippen LogP contribution in [0.2, 0.25) is 0 Å². The molecule has 30 heavy (non-hydrogen) atoms. The standard InChI is InChI=1S/C22H22N6O2/c1-15-19(16(2)28(25-15)17-8-4-3-5-9-17)14-23-21(29)12-13-27-22(30)18-10-6-7-11-20(18)24-26-27/h3-11H,12-14H2,1-2H3,(H,23,29). The Labute approximate surface area is 173 Å². The summed E-state index contributed by atoms with van der Waals surface area (Å²) in [6.45, 7) is 4.46. The summed E-state index contributed by atoms with van der Waals surface area (Å²) in [4.78, 5) is 24.8. The number of carbonyl (C=O) groups is 1. The molecule has 8 heteroatoms. The minimum atomic E-state index is -0.246. The van der Waals surface area contributed by atoms with E-state index in [0.717, 1.165) is 22.6 Å². The summed E-state index contributed by atoms with van der Waals surface area (Å²) >= 11 is 0. The summed E-state index contributed by atoms with van der Waals surface area (Å²) in [5.41, 5.74) is 4.11. The molecule has 0 atom stereocenters. The van der Waals surface area contributed by atoms with Crippen molar-refractivity contribution in [2.75, 3.05) is 0 Å². The summed E-state index contributed by atoms with van der Waals surface area (Å²) in [6.07, 6.45) is 0.137. The van der Waals surface area contributed by atoms with E-state index < -0.39 is 0 Å². The molecule has 0 aliphatic heterocycles. The summed E-state index contributed by atoms with van der Waals surface area (Å²) < 4.78 is 3.10. The molecule has 0 bridgehead atoms. The molecule has 2 heterocycles. The fourth-order valence-electron chi connectivity index (χ4n) is 3.40. The van der Waals surface area contributed by atoms with E-state index in [4.69, 9.17) is 0 Å². The zero-order chi connectivity index (χ0) is 21.1. The highest BCUT2D eigenvalue weighted by Crippen LogP contribution is 2.17. The van der Waals surface area contributed by atoms with E-state index >= 15 is 0 Å². The Morgan fingerprint density at radius 1 is 1.03 bits per heavy atom. The molecule has 1 N–H and O–H groups in total. The Hall–Kier alpha value is -3.81. The third kappa shape index (κ3) is 3.84. The van der Waals surface area contributed by atoms with Crippen molar-refractivity contribution in [1.29, 1.82) is 0 Å². The highest BCUT2D eigenvalue weighted by molar-refractivity contribution is 5.77. The number of rotatable bonds is 6. The van der Waals surface area contributed by atoms with E-state index in [1.807, 2.05) is 48.9 Å². The van der Waals surface area contributed by atoms with Crippen molar-refractivity contribution in [1.82, 2.24) is 30.1 Å². The average molecular weight is 402 g/mol. The van der Waals surface area contributed by atoms with Crippen LogP contribution < -0.4 is 10.9 Å². The number of carbonyl (C=O) groups excluding carboxylic acids is 1. The Morgan fingerprint density at radius 3 is 2.57 bits per heavy atom. The molecule has 152 valence electrons. The van der Waals surface area contributed by atoms with Gasteiger partial charge in [0.05, 0.1) is 23.3 Å². The van der Waals surface area contributed by atoms with Crippen molar-refractivity contribution in [2.24, 2.45) is 0 Å². The van der Waals surface area contributed by atoms with Crippen LogP contribution in [-0.4, -0.2) is 30.7 Å². The van der Waals surface area contributed by atoms with Crippen molar-refractivity contribution in [3.8, 4) is 5.69 Å². The SMILES string of the molecule is Cc1nn(-c2ccccc2)c(C)c1CNC(=O)CCn1nnc2ccccc2c1=O. The van der Waals surface area contributed by atoms with E-state index in [1.54, 1.807) is 24.3 Å². The second kappa shape index (κ2) is 8.28. The summed E-state index contributed by atoms with van der Waals surface area (Å²) in [5, 5.41) is 16.0. The van der Waals surface area contributed by atoms with Crippen LogP contribution in [0.1, 0.15) is 23.4 Å². The number of para-hydroxylation sites is 1. The van der Waals surface area contributed by atoms with Crippen LogP contribution in [0.25, 0.3) is 16.6 Å². The van der Waals surface area contributed by atoms with E-state index in [1.165, 1.54) is 4.68 Å². The van der Waals surface area contributed by atoms with Gasteiger partial charge in [0.2, 0.25) is 5.91 Å². The van der Waals surface area contributed by atoms with Crippen molar-refractivity contribution < 1.29 is 4.79 Å². The van der Waals surface area contributed by atoms with Gasteiger partial charge in [-0.1, -0.05) is 35.5 Å². The van der Waals surface area contributed by atoms with Gasteiger partial charge in [0.25, 0.3) is 5.56 Å². The molecule has 1 amide bonds. The summed E-state index contributed by atoms with van der Waals surface area (Å²) in [7, 11) is 0. The monoisotopic (exact) mass is 402 g/mol. The number of fused-ring (bicyclic) bond motifs is 1. The minimum Gasteiger partial charge on any atom is -0.352 e. The predicted octanol–water partition coefficient (Wildman–Crippen LogP) is 2.30. The smallest absolute Gasteiger partial charge is 0.277 e. The maximum Gasteiger partial charge on any atom is 0.277 e. The summed E-state index contributed by atoms with van der Waals surface area (Å²) in [5.74, 6) is -0.164. The van der Waals surface area contributed by atoms with Crippen molar-refractivity contribution in [3.05, 3.63) is 81.9 Å². The zero-order valence-electron chi connectivity index (χ0n) is 16.9. The lowest BCUT2D eigenvalue weighted by Gasteiger charge is -2.08. The number of aromatic nitrogens is 5. The average Bonchev–Trinajstić information content (AvgIpc) is 3.06. The molecule has 0 unspecified atom stereocenters. The topological polar surface area (TPSA) is 94.7 Å². The Morgan fingerprint density at radius 2 is 1.77 bits per heavy atom. The lowest BCUT2D eigenvalue weighted by atomic mass is 10.2. The van der Waals surface area contributed by atoms with Gasteiger partial charge in [0, 0.05) is 24.2 Å². The number of benzene rings is 2. The quantitative estimate of drug-likeness (QED) is 0.534. The number of hydrogen-bond donors (Lipinski definition) is 1. The molecule has 4 aromatic rings. The molecule has 0 saturated carbocycles. The Balaban J connectivity index is 1.41. The van der Waals surface area contributed by atoms with Gasteiger partial charge in [-0.15, -0.1) is 5.10 Å². The number of nitrogens with zero attached hydrogens (tertiary/aromatic N) is 5. The van der Waals surface area contributed by atoms with Gasteiger partial charge in [0.1, 0.15) is 5.52 Å². The maximum absolute atomic E-state index is 12.5. The molecule has 2 aromatic heterocycles. The van der Waals surface area contributed by atoms with E-state index in [2.05, 4.69) is 20.7 Å². The first-order valence-electron chi connectivity index (χ1n) is 9.74. The van der Waals surface area contributed by atoms with Gasteiger partial charge in [0.15, 0.2) is 0 Å². The first-order valence-corrected chi connectivity index (χ1v) is 9.74. The lowest BCUT2D eigenvalue weighted by Crippen LogP contribution is -2.29. The molecule has 8 nitrogen and oxygen atoms in total. The second-order valence-electron chi connectivity index (χ2n) is 7.06. The summed E-state index contributed by atoms with van der Waals surface area (Å²) in [6, 6.07) is 16.9. The zero-order valence-corrected chi connectivity index (χ0v) is 16.9. The van der Waals surface area contributed by atoms with Crippen LogP contribution >= 0.6 is 0 Å². The highest BCUT2D eigenvalue weighted by Gasteiger charge is 2.14. The molecular formula is C22H22N6O2. The first-order chi connectivity index (χ1) is 14.5. The first kappa shape index (κ1) is 19.5. The third-order valence-corrected chi connectivity index (χ3v) is 5.08. The van der Waals surface area contributed by atoms with Gasteiger partial charge in [-0.05, 0) is 38.1 Å². The molecule has 0 saturated heterocycles. The van der Waals surface area contributed by atoms with Crippen LogP contribution in [0.3, 0.4) is 0 Å². The fourth-order valence-corrected chi connectivity index (χ4v) is 3.40. The number of aryl methyl sites for hydroxylation is 2. The normalized spacial score (nSPS) is 11.0. The molecule has 0 aliphatic rings. The maximum atomic E-state index is 12.5. The third-order valence-electron chi connectivity index (χ3n) is 5.08. The van der Waals surface area contributed by atoms with Crippen molar-refractivity contribution in [2.45, 2.75) is 33.4 Å². The second-order valence-corrected chi connectivity index (χ2v) is 7.06. The molecule has 0 radical (unpaired) electrons. The number of nitrogens with one attached hydrogen (secondary N) is 1. The highest BCUT2D eigenvalue weighted by atomic mass is 16.2. The largest absolute Gasteiger partial charge is 0.352 e. The van der Waals surface area contributed by atoms with E-state index in [9.17, 15) is 9.59 Å². The number of amides is 1. The van der Waals surface area contributed by atoms with Crippen molar-refractivity contribution in [3.63, 3.8) is 0 Å². The van der Waals surface area contributed by atoms with E-state index in [-0.39, 0.29) is 24.4 Å². The van der Waals surface area contributed by atoms with E-state index in [0.29, 0.717) is 17.4 Å². The Bertz CT molecular complexity index is 1260. The van der Waals surface area contributed by atoms with Crippen LogP contribution in [0, 0.1) is 13.8 Å². The minimum absolute atomic E-state index is 0.137. The predicted molar refractivity (Wildman–Crippen MR) is 113 cm³/mol. The van der Waals surface area contributed by atoms with Crippen LogP contribution in [0.5, 0.6) is 0 Å². The van der Waals surface area contributed by atoms with Crippen molar-refractivity contribution >= 4 is 16.8 Å². The lowest BCUT2D eigenvalue weighted by molar-refractivity contribution is -0.121. The molecular weight excluding hydrogens is 380 g/mol. The van der Waals surface area contributed by atoms with Crippen LogP contribution in [-0.2, 0) is 17.9 Å².